The Morgan fingerprint density at radius 2 is 2.00 bits per heavy atom. The molecule has 3 aromatic rings. The first-order valence-electron chi connectivity index (χ1n) is 6.13. The van der Waals surface area contributed by atoms with E-state index in [0.717, 1.165) is 0 Å². The monoisotopic (exact) mass is 302 g/mol. The second-order valence-electron chi connectivity index (χ2n) is 4.32. The van der Waals surface area contributed by atoms with Crippen molar-refractivity contribution in [2.45, 2.75) is 0 Å². The maximum Gasteiger partial charge on any atom is 0.349 e. The van der Waals surface area contributed by atoms with Gasteiger partial charge in [0.15, 0.2) is 5.75 Å². The standard InChI is InChI=1S/C14H11ClN4O2/c1-18-13(19-4-2-3-5-19)12(9-17-18)14(20)21-11-6-10(15)7-16-8-11/h2-9H,1H3. The molecule has 0 saturated carbocycles. The summed E-state index contributed by atoms with van der Waals surface area (Å²) in [6.45, 7) is 0. The van der Waals surface area contributed by atoms with Crippen molar-refractivity contribution in [3.63, 3.8) is 0 Å². The van der Waals surface area contributed by atoms with E-state index < -0.39 is 5.97 Å². The lowest BCUT2D eigenvalue weighted by Crippen LogP contribution is -2.12. The Balaban J connectivity index is 1.92. The van der Waals surface area contributed by atoms with Crippen LogP contribution in [0.4, 0.5) is 0 Å². The number of carbonyl (C=O) groups is 1. The van der Waals surface area contributed by atoms with Crippen LogP contribution in [0, 0.1) is 0 Å². The Labute approximate surface area is 125 Å². The molecule has 0 fully saturated rings. The van der Waals surface area contributed by atoms with Crippen LogP contribution in [0.15, 0.2) is 49.2 Å². The van der Waals surface area contributed by atoms with Crippen molar-refractivity contribution < 1.29 is 9.53 Å². The number of nitrogens with zero attached hydrogens (tertiary/aromatic N) is 4. The zero-order valence-electron chi connectivity index (χ0n) is 11.1. The number of ether oxygens (including phenoxy) is 1. The number of aromatic nitrogens is 4. The van der Waals surface area contributed by atoms with Gasteiger partial charge in [0, 0.05) is 31.7 Å². The largest absolute Gasteiger partial charge is 0.421 e. The third kappa shape index (κ3) is 2.66. The molecule has 0 aliphatic heterocycles. The van der Waals surface area contributed by atoms with Gasteiger partial charge in [0.2, 0.25) is 0 Å². The van der Waals surface area contributed by atoms with Gasteiger partial charge in [-0.2, -0.15) is 5.10 Å². The summed E-state index contributed by atoms with van der Waals surface area (Å²) < 4.78 is 8.68. The van der Waals surface area contributed by atoms with Crippen LogP contribution in [0.1, 0.15) is 10.4 Å². The van der Waals surface area contributed by atoms with E-state index >= 15 is 0 Å². The minimum absolute atomic E-state index is 0.287. The molecule has 0 aliphatic rings. The van der Waals surface area contributed by atoms with Crippen LogP contribution in [-0.2, 0) is 7.05 Å². The Kier molecular flexibility index (Phi) is 3.45. The SMILES string of the molecule is Cn1ncc(C(=O)Oc2cncc(Cl)c2)c1-n1cccc1. The van der Waals surface area contributed by atoms with E-state index in [9.17, 15) is 4.79 Å². The summed E-state index contributed by atoms with van der Waals surface area (Å²) in [5.74, 6) is 0.394. The Hall–Kier alpha value is -2.60. The second-order valence-corrected chi connectivity index (χ2v) is 4.76. The topological polar surface area (TPSA) is 61.9 Å². The fourth-order valence-corrected chi connectivity index (χ4v) is 2.13. The summed E-state index contributed by atoms with van der Waals surface area (Å²) in [5.41, 5.74) is 0.355. The second kappa shape index (κ2) is 5.41. The molecule has 0 unspecified atom stereocenters. The molecule has 3 heterocycles. The number of rotatable bonds is 3. The van der Waals surface area contributed by atoms with Gasteiger partial charge in [0.1, 0.15) is 11.4 Å². The lowest BCUT2D eigenvalue weighted by Gasteiger charge is -2.07. The van der Waals surface area contributed by atoms with Crippen molar-refractivity contribution >= 4 is 17.6 Å². The zero-order valence-corrected chi connectivity index (χ0v) is 11.9. The third-order valence-electron chi connectivity index (χ3n) is 2.87. The molecular formula is C14H11ClN4O2. The summed E-state index contributed by atoms with van der Waals surface area (Å²) in [6.07, 6.45) is 8.02. The summed E-state index contributed by atoms with van der Waals surface area (Å²) in [4.78, 5) is 16.2. The predicted molar refractivity (Wildman–Crippen MR) is 76.7 cm³/mol. The summed E-state index contributed by atoms with van der Waals surface area (Å²) in [5, 5.41) is 4.51. The number of esters is 1. The quantitative estimate of drug-likeness (QED) is 0.697. The van der Waals surface area contributed by atoms with Gasteiger partial charge < -0.3 is 9.30 Å². The minimum Gasteiger partial charge on any atom is -0.421 e. The molecule has 0 atom stereocenters. The van der Waals surface area contributed by atoms with E-state index in [1.165, 1.54) is 24.7 Å². The van der Waals surface area contributed by atoms with Gasteiger partial charge in [0.05, 0.1) is 17.4 Å². The number of halogens is 1. The fourth-order valence-electron chi connectivity index (χ4n) is 1.97. The number of hydrogen-bond acceptors (Lipinski definition) is 4. The van der Waals surface area contributed by atoms with Gasteiger partial charge in [-0.25, -0.2) is 4.79 Å². The summed E-state index contributed by atoms with van der Waals surface area (Å²) in [7, 11) is 1.76. The molecular weight excluding hydrogens is 292 g/mol. The van der Waals surface area contributed by atoms with Gasteiger partial charge in [-0.1, -0.05) is 11.6 Å². The molecule has 106 valence electrons. The molecule has 0 spiro atoms. The highest BCUT2D eigenvalue weighted by molar-refractivity contribution is 6.30. The molecule has 0 N–H and O–H groups in total. The molecule has 0 amide bonds. The third-order valence-corrected chi connectivity index (χ3v) is 3.07. The van der Waals surface area contributed by atoms with Crippen LogP contribution in [0.3, 0.4) is 0 Å². The Morgan fingerprint density at radius 1 is 1.24 bits per heavy atom. The van der Waals surface area contributed by atoms with E-state index in [1.54, 1.807) is 16.3 Å². The Bertz CT molecular complexity index is 780. The highest BCUT2D eigenvalue weighted by Gasteiger charge is 2.19. The van der Waals surface area contributed by atoms with Crippen molar-refractivity contribution in [3.05, 3.63) is 59.8 Å². The first-order valence-corrected chi connectivity index (χ1v) is 6.51. The van der Waals surface area contributed by atoms with Gasteiger partial charge in [0.25, 0.3) is 0 Å². The van der Waals surface area contributed by atoms with Gasteiger partial charge in [-0.15, -0.1) is 0 Å². The van der Waals surface area contributed by atoms with Crippen LogP contribution < -0.4 is 4.74 Å². The average molecular weight is 303 g/mol. The van der Waals surface area contributed by atoms with E-state index in [4.69, 9.17) is 16.3 Å². The van der Waals surface area contributed by atoms with Crippen LogP contribution in [-0.4, -0.2) is 25.3 Å². The molecule has 3 aromatic heterocycles. The molecule has 21 heavy (non-hydrogen) atoms. The van der Waals surface area contributed by atoms with Crippen molar-refractivity contribution in [1.82, 2.24) is 19.3 Å². The maximum absolute atomic E-state index is 12.3. The summed E-state index contributed by atoms with van der Waals surface area (Å²) >= 11 is 5.82. The number of pyridine rings is 1. The lowest BCUT2D eigenvalue weighted by atomic mass is 10.3. The molecule has 0 aliphatic carbocycles. The van der Waals surface area contributed by atoms with E-state index in [1.807, 2.05) is 24.5 Å². The van der Waals surface area contributed by atoms with Gasteiger partial charge in [-0.3, -0.25) is 9.67 Å². The molecule has 6 nitrogen and oxygen atoms in total. The Morgan fingerprint density at radius 3 is 2.71 bits per heavy atom. The fraction of sp³-hybridized carbons (Fsp3) is 0.0714. The average Bonchev–Trinajstić information content (AvgIpc) is 3.07. The normalized spacial score (nSPS) is 10.6. The summed E-state index contributed by atoms with van der Waals surface area (Å²) in [6, 6.07) is 5.25. The molecule has 3 rings (SSSR count). The van der Waals surface area contributed by atoms with Gasteiger partial charge in [-0.05, 0) is 12.1 Å². The molecule has 0 bridgehead atoms. The number of carbonyl (C=O) groups excluding carboxylic acids is 1. The van der Waals surface area contributed by atoms with Crippen molar-refractivity contribution in [2.75, 3.05) is 0 Å². The first kappa shape index (κ1) is 13.4. The van der Waals surface area contributed by atoms with Gasteiger partial charge >= 0.3 is 5.97 Å². The van der Waals surface area contributed by atoms with E-state index in [-0.39, 0.29) is 5.75 Å². The minimum atomic E-state index is -0.518. The van der Waals surface area contributed by atoms with E-state index in [2.05, 4.69) is 10.1 Å². The van der Waals surface area contributed by atoms with Crippen LogP contribution >= 0.6 is 11.6 Å². The highest BCUT2D eigenvalue weighted by Crippen LogP contribution is 2.19. The zero-order chi connectivity index (χ0) is 14.8. The predicted octanol–water partition coefficient (Wildman–Crippen LogP) is 2.48. The van der Waals surface area contributed by atoms with Crippen molar-refractivity contribution in [1.29, 1.82) is 0 Å². The number of aryl methyl sites for hydroxylation is 1. The molecule has 7 heteroatoms. The maximum atomic E-state index is 12.3. The van der Waals surface area contributed by atoms with Crippen molar-refractivity contribution in [2.24, 2.45) is 7.05 Å². The highest BCUT2D eigenvalue weighted by atomic mass is 35.5. The van der Waals surface area contributed by atoms with E-state index in [0.29, 0.717) is 16.4 Å². The first-order chi connectivity index (χ1) is 10.1. The lowest BCUT2D eigenvalue weighted by molar-refractivity contribution is 0.0734. The van der Waals surface area contributed by atoms with Crippen molar-refractivity contribution in [3.8, 4) is 11.6 Å². The smallest absolute Gasteiger partial charge is 0.349 e. The molecule has 0 radical (unpaired) electrons. The van der Waals surface area contributed by atoms with Crippen LogP contribution in [0.5, 0.6) is 5.75 Å². The van der Waals surface area contributed by atoms with Crippen LogP contribution in [0.2, 0.25) is 5.02 Å². The van der Waals surface area contributed by atoms with Crippen LogP contribution in [0.25, 0.3) is 5.82 Å². The molecule has 0 aromatic carbocycles. The molecule has 0 saturated heterocycles. The number of hydrogen-bond donors (Lipinski definition) is 0.